The van der Waals surface area contributed by atoms with Gasteiger partial charge in [0.25, 0.3) is 0 Å². The summed E-state index contributed by atoms with van der Waals surface area (Å²) >= 11 is 0. The maximum absolute atomic E-state index is 9.87. The Balaban J connectivity index is 1.49. The molecule has 0 bridgehead atoms. The fourth-order valence-electron chi connectivity index (χ4n) is 7.09. The number of aromatic hydroxyl groups is 1. The number of phenols is 1. The number of hydrogen-bond acceptors (Lipinski definition) is 3. The van der Waals surface area contributed by atoms with Gasteiger partial charge in [0.15, 0.2) is 0 Å². The summed E-state index contributed by atoms with van der Waals surface area (Å²) in [6.45, 7) is 7.25. The summed E-state index contributed by atoms with van der Waals surface area (Å²) in [5, 5.41) is 13.7. The number of aryl methyl sites for hydroxylation is 1. The molecular weight excluding hydrogens is 332 g/mol. The third-order valence-corrected chi connectivity index (χ3v) is 8.41. The minimum Gasteiger partial charge on any atom is -0.508 e. The van der Waals surface area contributed by atoms with Gasteiger partial charge in [-0.25, -0.2) is 0 Å². The number of nitrogens with one attached hydrogen (secondary N) is 1. The molecule has 0 heterocycles. The minimum absolute atomic E-state index is 0.436. The molecule has 0 saturated heterocycles. The van der Waals surface area contributed by atoms with Gasteiger partial charge in [-0.05, 0) is 112 Å². The van der Waals surface area contributed by atoms with Crippen LogP contribution in [0.4, 0.5) is 0 Å². The van der Waals surface area contributed by atoms with Crippen LogP contribution in [0.3, 0.4) is 0 Å². The molecule has 0 aromatic heterocycles. The zero-order valence-electron chi connectivity index (χ0n) is 17.7. The molecule has 0 spiro atoms. The van der Waals surface area contributed by atoms with Gasteiger partial charge in [-0.1, -0.05) is 13.0 Å². The van der Waals surface area contributed by atoms with Crippen molar-refractivity contribution in [2.45, 2.75) is 64.3 Å². The molecule has 2 N–H and O–H groups in total. The normalized spacial score (nSPS) is 36.2. The molecule has 3 aliphatic rings. The maximum Gasteiger partial charge on any atom is 0.115 e. The highest BCUT2D eigenvalue weighted by atomic mass is 16.3. The Morgan fingerprint density at radius 1 is 1.22 bits per heavy atom. The number of rotatable bonds is 5. The fraction of sp³-hybridized carbons (Fsp3) is 0.750. The van der Waals surface area contributed by atoms with E-state index >= 15 is 0 Å². The predicted molar refractivity (Wildman–Crippen MR) is 112 cm³/mol. The number of fused-ring (bicyclic) bond motifs is 5. The summed E-state index contributed by atoms with van der Waals surface area (Å²) in [5.74, 6) is 3.70. The van der Waals surface area contributed by atoms with E-state index in [1.807, 2.05) is 12.1 Å². The molecule has 6 atom stereocenters. The molecule has 3 heteroatoms. The number of nitrogens with zero attached hydrogens (tertiary/aromatic N) is 1. The van der Waals surface area contributed by atoms with Gasteiger partial charge in [0.1, 0.15) is 5.75 Å². The van der Waals surface area contributed by atoms with Crippen molar-refractivity contribution in [1.82, 2.24) is 10.2 Å². The molecule has 4 rings (SSSR count). The lowest BCUT2D eigenvalue weighted by Gasteiger charge is -2.52. The average molecular weight is 371 g/mol. The van der Waals surface area contributed by atoms with Crippen LogP contribution in [-0.2, 0) is 6.42 Å². The molecule has 0 unspecified atom stereocenters. The Kier molecular flexibility index (Phi) is 5.28. The second kappa shape index (κ2) is 7.40. The molecule has 0 amide bonds. The molecular formula is C24H38N2O. The molecule has 2 fully saturated rings. The highest BCUT2D eigenvalue weighted by Gasteiger charge is 2.55. The minimum atomic E-state index is 0.436. The van der Waals surface area contributed by atoms with Crippen molar-refractivity contribution in [3.63, 3.8) is 0 Å². The third kappa shape index (κ3) is 3.42. The Morgan fingerprint density at radius 2 is 2.04 bits per heavy atom. The Bertz CT molecular complexity index is 672. The van der Waals surface area contributed by atoms with Gasteiger partial charge in [0, 0.05) is 19.1 Å². The van der Waals surface area contributed by atoms with Gasteiger partial charge in [-0.3, -0.25) is 0 Å². The second-order valence-electron chi connectivity index (χ2n) is 10.1. The number of phenolic OH excluding ortho intramolecular Hbond substituents is 1. The van der Waals surface area contributed by atoms with Crippen LogP contribution in [0.1, 0.15) is 63.0 Å². The van der Waals surface area contributed by atoms with Crippen LogP contribution in [0.15, 0.2) is 18.2 Å². The first-order valence-electron chi connectivity index (χ1n) is 11.1. The molecule has 3 aliphatic carbocycles. The lowest BCUT2D eigenvalue weighted by Crippen LogP contribution is -2.48. The number of hydrogen-bond donors (Lipinski definition) is 2. The zero-order valence-corrected chi connectivity index (χ0v) is 17.7. The fourth-order valence-corrected chi connectivity index (χ4v) is 7.09. The molecule has 1 aromatic carbocycles. The molecule has 1 aromatic rings. The largest absolute Gasteiger partial charge is 0.508 e. The highest BCUT2D eigenvalue weighted by Crippen LogP contribution is 2.63. The first kappa shape index (κ1) is 19.3. The smallest absolute Gasteiger partial charge is 0.115 e. The van der Waals surface area contributed by atoms with Gasteiger partial charge >= 0.3 is 0 Å². The van der Waals surface area contributed by atoms with E-state index in [2.05, 4.69) is 44.2 Å². The summed E-state index contributed by atoms with van der Waals surface area (Å²) < 4.78 is 0. The van der Waals surface area contributed by atoms with Crippen molar-refractivity contribution in [3.05, 3.63) is 29.3 Å². The van der Waals surface area contributed by atoms with E-state index in [9.17, 15) is 5.11 Å². The van der Waals surface area contributed by atoms with Crippen molar-refractivity contribution in [2.75, 3.05) is 27.2 Å². The lowest BCUT2D eigenvalue weighted by molar-refractivity contribution is 0.0181. The van der Waals surface area contributed by atoms with E-state index in [0.29, 0.717) is 17.2 Å². The summed E-state index contributed by atoms with van der Waals surface area (Å²) in [5.41, 5.74) is 3.46. The van der Waals surface area contributed by atoms with E-state index in [1.165, 1.54) is 37.7 Å². The van der Waals surface area contributed by atoms with Crippen LogP contribution in [0.2, 0.25) is 0 Å². The van der Waals surface area contributed by atoms with Crippen LogP contribution in [-0.4, -0.2) is 43.2 Å². The Morgan fingerprint density at radius 3 is 2.81 bits per heavy atom. The van der Waals surface area contributed by atoms with E-state index in [4.69, 9.17) is 0 Å². The highest BCUT2D eigenvalue weighted by molar-refractivity contribution is 5.40. The van der Waals surface area contributed by atoms with Crippen molar-refractivity contribution >= 4 is 0 Å². The standard InChI is InChI=1S/C24H38N2O/c1-16(25-13-14-26(3)4)22-9-10-23-21-7-5-17-15-18(27)6-8-19(17)20(21)11-12-24(22,23)2/h6,8,15-16,20-23,25,27H,5,7,9-14H2,1-4H3/t16-,20+,21+,22-,23-,24+/m0/s1. The third-order valence-electron chi connectivity index (χ3n) is 8.41. The summed E-state index contributed by atoms with van der Waals surface area (Å²) in [7, 11) is 4.31. The van der Waals surface area contributed by atoms with Gasteiger partial charge in [-0.15, -0.1) is 0 Å². The van der Waals surface area contributed by atoms with Crippen LogP contribution >= 0.6 is 0 Å². The van der Waals surface area contributed by atoms with Gasteiger partial charge in [0.2, 0.25) is 0 Å². The number of likely N-dealkylation sites (N-methyl/N-ethyl adjacent to an activating group) is 1. The molecule has 0 radical (unpaired) electrons. The van der Waals surface area contributed by atoms with Gasteiger partial charge in [-0.2, -0.15) is 0 Å². The summed E-state index contributed by atoms with van der Waals surface area (Å²) in [6, 6.07) is 6.77. The topological polar surface area (TPSA) is 35.5 Å². The maximum atomic E-state index is 9.87. The molecule has 2 saturated carbocycles. The zero-order chi connectivity index (χ0) is 19.2. The van der Waals surface area contributed by atoms with Crippen LogP contribution in [0.25, 0.3) is 0 Å². The molecule has 150 valence electrons. The predicted octanol–water partition coefficient (Wildman–Crippen LogP) is 4.40. The van der Waals surface area contributed by atoms with Crippen molar-refractivity contribution in [2.24, 2.45) is 23.2 Å². The quantitative estimate of drug-likeness (QED) is 0.806. The number of benzene rings is 1. The van der Waals surface area contributed by atoms with Crippen LogP contribution in [0, 0.1) is 23.2 Å². The average Bonchev–Trinajstić information content (AvgIpc) is 2.98. The first-order chi connectivity index (χ1) is 12.9. The molecule has 0 aliphatic heterocycles. The van der Waals surface area contributed by atoms with E-state index < -0.39 is 0 Å². The second-order valence-corrected chi connectivity index (χ2v) is 10.1. The van der Waals surface area contributed by atoms with Gasteiger partial charge < -0.3 is 15.3 Å². The van der Waals surface area contributed by atoms with Crippen molar-refractivity contribution in [1.29, 1.82) is 0 Å². The monoisotopic (exact) mass is 370 g/mol. The van der Waals surface area contributed by atoms with Crippen LogP contribution < -0.4 is 5.32 Å². The van der Waals surface area contributed by atoms with Crippen LogP contribution in [0.5, 0.6) is 5.75 Å². The van der Waals surface area contributed by atoms with Gasteiger partial charge in [0.05, 0.1) is 0 Å². The van der Waals surface area contributed by atoms with E-state index in [-0.39, 0.29) is 0 Å². The van der Waals surface area contributed by atoms with E-state index in [1.54, 1.807) is 5.56 Å². The Hall–Kier alpha value is -1.06. The molecule has 3 nitrogen and oxygen atoms in total. The molecule has 27 heavy (non-hydrogen) atoms. The Labute approximate surface area is 165 Å². The van der Waals surface area contributed by atoms with Crippen molar-refractivity contribution in [3.8, 4) is 5.75 Å². The SMILES string of the molecule is C[C@H](NCCN(C)C)[C@@H]1CC[C@H]2[C@@H]3CCc4cc(O)ccc4[C@H]3CC[C@@]21C. The van der Waals surface area contributed by atoms with E-state index in [0.717, 1.165) is 43.2 Å². The first-order valence-corrected chi connectivity index (χ1v) is 11.1. The summed E-state index contributed by atoms with van der Waals surface area (Å²) in [6.07, 6.45) is 7.97. The summed E-state index contributed by atoms with van der Waals surface area (Å²) in [4.78, 5) is 2.27. The lowest BCUT2D eigenvalue weighted by atomic mass is 9.53. The van der Waals surface area contributed by atoms with Crippen molar-refractivity contribution < 1.29 is 5.11 Å².